The van der Waals surface area contributed by atoms with Gasteiger partial charge in [0.2, 0.25) is 0 Å². The molecule has 0 aromatic heterocycles. The molecule has 92 valence electrons. The van der Waals surface area contributed by atoms with Gasteiger partial charge in [0.15, 0.2) is 0 Å². The monoisotopic (exact) mass is 234 g/mol. The third kappa shape index (κ3) is 2.00. The van der Waals surface area contributed by atoms with E-state index in [1.807, 2.05) is 31.3 Å². The quantitative estimate of drug-likeness (QED) is 0.824. The Morgan fingerprint density at radius 1 is 1.53 bits per heavy atom. The van der Waals surface area contributed by atoms with Crippen molar-refractivity contribution in [3.8, 4) is 0 Å². The maximum absolute atomic E-state index is 11.1. The molecule has 0 aliphatic carbocycles. The van der Waals surface area contributed by atoms with Crippen molar-refractivity contribution in [2.75, 3.05) is 25.0 Å². The summed E-state index contributed by atoms with van der Waals surface area (Å²) in [5, 5.41) is 9.08. The number of carbonyl (C=O) groups is 1. The molecule has 1 aliphatic heterocycles. The molecular formula is C13H18N2O2. The largest absolute Gasteiger partial charge is 0.481 e. The Balaban J connectivity index is 2.49. The summed E-state index contributed by atoms with van der Waals surface area (Å²) in [6.07, 6.45) is 0.900. The van der Waals surface area contributed by atoms with E-state index < -0.39 is 11.4 Å². The lowest BCUT2D eigenvalue weighted by Gasteiger charge is -2.41. The molecule has 2 rings (SSSR count). The Morgan fingerprint density at radius 3 is 2.88 bits per heavy atom. The van der Waals surface area contributed by atoms with Crippen molar-refractivity contribution in [1.29, 1.82) is 0 Å². The maximum atomic E-state index is 11.1. The fraction of sp³-hybridized carbons (Fsp3) is 0.462. The zero-order chi connectivity index (χ0) is 12.5. The lowest BCUT2D eigenvalue weighted by Crippen LogP contribution is -2.45. The summed E-state index contributed by atoms with van der Waals surface area (Å²) in [6.45, 7) is 1.23. The summed E-state index contributed by atoms with van der Waals surface area (Å²) < 4.78 is 0. The van der Waals surface area contributed by atoms with Gasteiger partial charge in [-0.1, -0.05) is 18.2 Å². The maximum Gasteiger partial charge on any atom is 0.304 e. The Hall–Kier alpha value is -1.55. The van der Waals surface area contributed by atoms with E-state index in [2.05, 4.69) is 4.90 Å². The number of para-hydroxylation sites is 1. The second-order valence-corrected chi connectivity index (χ2v) is 4.74. The molecule has 1 heterocycles. The SMILES string of the molecule is CN1CCC(CN)(CC(=O)O)c2ccccc21. The number of rotatable bonds is 3. The van der Waals surface area contributed by atoms with Crippen LogP contribution in [-0.4, -0.2) is 31.2 Å². The lowest BCUT2D eigenvalue weighted by molar-refractivity contribution is -0.138. The Morgan fingerprint density at radius 2 is 2.24 bits per heavy atom. The van der Waals surface area contributed by atoms with Gasteiger partial charge < -0.3 is 15.7 Å². The van der Waals surface area contributed by atoms with E-state index in [1.165, 1.54) is 0 Å². The van der Waals surface area contributed by atoms with Gasteiger partial charge in [-0.3, -0.25) is 4.79 Å². The summed E-state index contributed by atoms with van der Waals surface area (Å²) in [4.78, 5) is 13.2. The van der Waals surface area contributed by atoms with E-state index in [-0.39, 0.29) is 6.42 Å². The number of anilines is 1. The van der Waals surface area contributed by atoms with Crippen LogP contribution in [0.3, 0.4) is 0 Å². The second kappa shape index (κ2) is 4.37. The summed E-state index contributed by atoms with van der Waals surface area (Å²) in [7, 11) is 2.03. The molecule has 0 bridgehead atoms. The number of benzene rings is 1. The number of carboxylic acids is 1. The van der Waals surface area contributed by atoms with Crippen LogP contribution in [0.25, 0.3) is 0 Å². The zero-order valence-corrected chi connectivity index (χ0v) is 10.0. The van der Waals surface area contributed by atoms with Crippen molar-refractivity contribution in [1.82, 2.24) is 0 Å². The predicted octanol–water partition coefficient (Wildman–Crippen LogP) is 1.20. The fourth-order valence-corrected chi connectivity index (χ4v) is 2.65. The highest BCUT2D eigenvalue weighted by Crippen LogP contribution is 2.41. The average Bonchev–Trinajstić information content (AvgIpc) is 2.33. The van der Waals surface area contributed by atoms with Gasteiger partial charge in [-0.25, -0.2) is 0 Å². The number of carboxylic acid groups (broad SMARTS) is 1. The first-order valence-electron chi connectivity index (χ1n) is 5.81. The number of hydrogen-bond donors (Lipinski definition) is 2. The fourth-order valence-electron chi connectivity index (χ4n) is 2.65. The van der Waals surface area contributed by atoms with E-state index >= 15 is 0 Å². The Bertz CT molecular complexity index is 433. The summed E-state index contributed by atoms with van der Waals surface area (Å²) in [5.74, 6) is -0.783. The van der Waals surface area contributed by atoms with Crippen LogP contribution in [0.1, 0.15) is 18.4 Å². The van der Waals surface area contributed by atoms with Gasteiger partial charge in [0, 0.05) is 31.2 Å². The molecule has 4 heteroatoms. The smallest absolute Gasteiger partial charge is 0.304 e. The molecule has 0 spiro atoms. The van der Waals surface area contributed by atoms with Crippen LogP contribution in [0, 0.1) is 0 Å². The molecule has 1 aromatic rings. The van der Waals surface area contributed by atoms with Crippen molar-refractivity contribution < 1.29 is 9.90 Å². The van der Waals surface area contributed by atoms with Gasteiger partial charge >= 0.3 is 5.97 Å². The molecule has 1 aliphatic rings. The van der Waals surface area contributed by atoms with Crippen molar-refractivity contribution in [2.24, 2.45) is 5.73 Å². The van der Waals surface area contributed by atoms with Crippen molar-refractivity contribution in [2.45, 2.75) is 18.3 Å². The molecule has 3 N–H and O–H groups in total. The van der Waals surface area contributed by atoms with E-state index in [0.29, 0.717) is 6.54 Å². The topological polar surface area (TPSA) is 66.6 Å². The van der Waals surface area contributed by atoms with Crippen molar-refractivity contribution in [3.63, 3.8) is 0 Å². The van der Waals surface area contributed by atoms with Gasteiger partial charge in [-0.15, -0.1) is 0 Å². The van der Waals surface area contributed by atoms with Crippen LogP contribution < -0.4 is 10.6 Å². The molecule has 0 saturated heterocycles. The molecule has 0 radical (unpaired) electrons. The van der Waals surface area contributed by atoms with E-state index in [1.54, 1.807) is 0 Å². The molecular weight excluding hydrogens is 216 g/mol. The van der Waals surface area contributed by atoms with Gasteiger partial charge in [0.25, 0.3) is 0 Å². The van der Waals surface area contributed by atoms with Crippen LogP contribution in [-0.2, 0) is 10.2 Å². The standard InChI is InChI=1S/C13H18N2O2/c1-15-7-6-13(9-14,8-12(16)17)10-4-2-3-5-11(10)15/h2-5H,6-9,14H2,1H3,(H,16,17). The molecule has 1 unspecified atom stereocenters. The highest BCUT2D eigenvalue weighted by Gasteiger charge is 2.38. The van der Waals surface area contributed by atoms with Crippen LogP contribution in [0.2, 0.25) is 0 Å². The number of nitrogens with zero attached hydrogens (tertiary/aromatic N) is 1. The minimum absolute atomic E-state index is 0.106. The van der Waals surface area contributed by atoms with E-state index in [0.717, 1.165) is 24.2 Å². The second-order valence-electron chi connectivity index (χ2n) is 4.74. The number of aliphatic carboxylic acids is 1. The highest BCUT2D eigenvalue weighted by molar-refractivity contribution is 5.71. The lowest BCUT2D eigenvalue weighted by atomic mass is 9.72. The van der Waals surface area contributed by atoms with Crippen LogP contribution >= 0.6 is 0 Å². The molecule has 4 nitrogen and oxygen atoms in total. The van der Waals surface area contributed by atoms with Gasteiger partial charge in [0.1, 0.15) is 0 Å². The number of hydrogen-bond acceptors (Lipinski definition) is 3. The van der Waals surface area contributed by atoms with Gasteiger partial charge in [-0.05, 0) is 18.1 Å². The molecule has 0 amide bonds. The first kappa shape index (κ1) is 11.9. The van der Waals surface area contributed by atoms with Crippen LogP contribution in [0.5, 0.6) is 0 Å². The molecule has 17 heavy (non-hydrogen) atoms. The third-order valence-electron chi connectivity index (χ3n) is 3.69. The summed E-state index contributed by atoms with van der Waals surface area (Å²) in [5.41, 5.74) is 7.63. The molecule has 1 atom stereocenters. The average molecular weight is 234 g/mol. The number of nitrogens with two attached hydrogens (primary N) is 1. The van der Waals surface area contributed by atoms with Gasteiger partial charge in [0.05, 0.1) is 6.42 Å². The minimum atomic E-state index is -0.783. The van der Waals surface area contributed by atoms with E-state index in [4.69, 9.17) is 10.8 Å². The summed E-state index contributed by atoms with van der Waals surface area (Å²) >= 11 is 0. The predicted molar refractivity (Wildman–Crippen MR) is 67.3 cm³/mol. The third-order valence-corrected chi connectivity index (χ3v) is 3.69. The van der Waals surface area contributed by atoms with Crippen LogP contribution in [0.15, 0.2) is 24.3 Å². The molecule has 0 saturated carbocycles. The van der Waals surface area contributed by atoms with Crippen molar-refractivity contribution in [3.05, 3.63) is 29.8 Å². The minimum Gasteiger partial charge on any atom is -0.481 e. The number of fused-ring (bicyclic) bond motifs is 1. The van der Waals surface area contributed by atoms with Gasteiger partial charge in [-0.2, -0.15) is 0 Å². The van der Waals surface area contributed by atoms with E-state index in [9.17, 15) is 4.79 Å². The zero-order valence-electron chi connectivity index (χ0n) is 10.0. The highest BCUT2D eigenvalue weighted by atomic mass is 16.4. The molecule has 1 aromatic carbocycles. The summed E-state index contributed by atoms with van der Waals surface area (Å²) in [6, 6.07) is 7.95. The Kier molecular flexibility index (Phi) is 3.07. The van der Waals surface area contributed by atoms with Crippen LogP contribution in [0.4, 0.5) is 5.69 Å². The first-order valence-corrected chi connectivity index (χ1v) is 5.81. The molecule has 0 fully saturated rings. The first-order chi connectivity index (χ1) is 8.09. The van der Waals surface area contributed by atoms with Crippen molar-refractivity contribution >= 4 is 11.7 Å². The Labute approximate surface area is 101 Å². The normalized spacial score (nSPS) is 23.3.